The molecule has 0 aliphatic heterocycles. The molecule has 244 valence electrons. The highest BCUT2D eigenvalue weighted by Crippen LogP contribution is 2.43. The number of aromatic nitrogens is 1. The summed E-state index contributed by atoms with van der Waals surface area (Å²) in [7, 11) is -3.41. The van der Waals surface area contributed by atoms with Gasteiger partial charge in [-0.3, -0.25) is 9.59 Å². The zero-order valence-corrected chi connectivity index (χ0v) is 26.7. The number of para-hydroxylation sites is 1. The van der Waals surface area contributed by atoms with Gasteiger partial charge in [-0.25, -0.2) is 9.53 Å². The van der Waals surface area contributed by atoms with Crippen molar-refractivity contribution < 1.29 is 37.3 Å². The van der Waals surface area contributed by atoms with Gasteiger partial charge in [0.1, 0.15) is 11.5 Å². The van der Waals surface area contributed by atoms with Crippen molar-refractivity contribution >= 4 is 27.8 Å². The molecule has 3 aromatic carbocycles. The number of amides is 1. The van der Waals surface area contributed by atoms with Crippen LogP contribution >= 0.6 is 0 Å². The Bertz CT molecular complexity index is 1760. The predicted octanol–water partition coefficient (Wildman–Crippen LogP) is 5.00. The Hall–Kier alpha value is -4.36. The fraction of sp³-hybridized carbons (Fsp3) is 0.294. The molecule has 2 atom stereocenters. The predicted molar refractivity (Wildman–Crippen MR) is 174 cm³/mol. The number of aliphatic hydroxyl groups excluding tert-OH is 2. The number of esters is 1. The van der Waals surface area contributed by atoms with Crippen LogP contribution in [0.15, 0.2) is 84.9 Å². The van der Waals surface area contributed by atoms with Gasteiger partial charge in [-0.05, 0) is 68.5 Å². The molecule has 0 bridgehead atoms. The van der Waals surface area contributed by atoms with Crippen molar-refractivity contribution in [3.63, 3.8) is 0 Å². The van der Waals surface area contributed by atoms with Crippen molar-refractivity contribution in [2.45, 2.75) is 57.8 Å². The molecule has 1 amide bonds. The second-order valence-electron chi connectivity index (χ2n) is 11.2. The molecular formula is C34H38FN3O7S. The largest absolute Gasteiger partial charge is 0.469 e. The van der Waals surface area contributed by atoms with E-state index in [2.05, 4.69) is 4.74 Å². The maximum absolute atomic E-state index is 14.6. The molecule has 4 rings (SSSR count). The third-order valence-electron chi connectivity index (χ3n) is 7.54. The Morgan fingerprint density at radius 1 is 0.891 bits per heavy atom. The Kier molecular flexibility index (Phi) is 11.1. The lowest BCUT2D eigenvalue weighted by Crippen LogP contribution is -2.42. The van der Waals surface area contributed by atoms with Crippen molar-refractivity contribution in [2.75, 3.05) is 11.4 Å². The first kappa shape index (κ1) is 34.5. The summed E-state index contributed by atoms with van der Waals surface area (Å²) in [6, 6.07) is 22.1. The highest BCUT2D eigenvalue weighted by molar-refractivity contribution is 7.91. The first-order valence-corrected chi connectivity index (χ1v) is 16.3. The minimum absolute atomic E-state index is 0.0358. The quantitative estimate of drug-likeness (QED) is 0.172. The van der Waals surface area contributed by atoms with Crippen LogP contribution in [0.3, 0.4) is 0 Å². The number of carbonyl (C=O) groups is 2. The number of aliphatic hydroxyl groups is 2. The van der Waals surface area contributed by atoms with Gasteiger partial charge in [0.05, 0.1) is 31.4 Å². The van der Waals surface area contributed by atoms with E-state index in [9.17, 15) is 32.6 Å². The summed E-state index contributed by atoms with van der Waals surface area (Å²) in [6.45, 7) is 3.67. The van der Waals surface area contributed by atoms with Gasteiger partial charge in [0, 0.05) is 22.9 Å². The number of carbonyl (C=O) groups excluding carboxylic acids is 2. The number of ether oxygens (including phenoxy) is 1. The Morgan fingerprint density at radius 2 is 1.46 bits per heavy atom. The Morgan fingerprint density at radius 3 is 2.00 bits per heavy atom. The van der Waals surface area contributed by atoms with E-state index in [1.54, 1.807) is 65.2 Å². The highest BCUT2D eigenvalue weighted by Gasteiger charge is 2.36. The number of rotatable bonds is 13. The molecule has 0 radical (unpaired) electrons. The molecule has 0 spiro atoms. The van der Waals surface area contributed by atoms with Gasteiger partial charge < -0.3 is 19.5 Å². The van der Waals surface area contributed by atoms with Crippen LogP contribution in [-0.2, 0) is 26.2 Å². The van der Waals surface area contributed by atoms with Gasteiger partial charge >= 0.3 is 16.2 Å². The van der Waals surface area contributed by atoms with Gasteiger partial charge in [0.2, 0.25) is 0 Å². The number of hydrogen-bond donors (Lipinski definition) is 3. The van der Waals surface area contributed by atoms with Crippen LogP contribution in [0.5, 0.6) is 0 Å². The van der Waals surface area contributed by atoms with Crippen LogP contribution < -0.4 is 9.44 Å². The van der Waals surface area contributed by atoms with Gasteiger partial charge in [-0.2, -0.15) is 12.7 Å². The van der Waals surface area contributed by atoms with Crippen molar-refractivity contribution in [3.05, 3.63) is 102 Å². The van der Waals surface area contributed by atoms with Crippen molar-refractivity contribution in [3.8, 4) is 22.3 Å². The second-order valence-corrected chi connectivity index (χ2v) is 12.6. The smallest absolute Gasteiger partial charge is 0.308 e. The van der Waals surface area contributed by atoms with Crippen molar-refractivity contribution in [1.82, 2.24) is 4.57 Å². The number of benzene rings is 3. The lowest BCUT2D eigenvalue weighted by Gasteiger charge is -2.24. The normalized spacial score (nSPS) is 13.0. The van der Waals surface area contributed by atoms with E-state index in [1.807, 2.05) is 13.8 Å². The van der Waals surface area contributed by atoms with Crippen molar-refractivity contribution in [2.24, 2.45) is 5.14 Å². The SMILES string of the molecule is COC(=O)CC(O)CC(O)CCc1c(-c2ccc(F)cc2)c(-c2ccccc2)c(C(=O)N(c2ccccc2)S(N)(=O)=O)n1C(C)C. The lowest BCUT2D eigenvalue weighted by molar-refractivity contribution is -0.143. The van der Waals surface area contributed by atoms with Gasteiger partial charge in [-0.1, -0.05) is 60.7 Å². The molecule has 10 nitrogen and oxygen atoms in total. The molecule has 4 aromatic rings. The van der Waals surface area contributed by atoms with E-state index in [4.69, 9.17) is 5.14 Å². The second kappa shape index (κ2) is 14.8. The average molecular weight is 652 g/mol. The summed E-state index contributed by atoms with van der Waals surface area (Å²) in [6.07, 6.45) is -2.28. The maximum atomic E-state index is 14.6. The molecule has 4 N–H and O–H groups in total. The van der Waals surface area contributed by atoms with Crippen LogP contribution in [0, 0.1) is 5.82 Å². The van der Waals surface area contributed by atoms with Crippen molar-refractivity contribution in [1.29, 1.82) is 0 Å². The van der Waals surface area contributed by atoms with E-state index in [0.717, 1.165) is 0 Å². The zero-order chi connectivity index (χ0) is 33.6. The fourth-order valence-electron chi connectivity index (χ4n) is 5.61. The molecule has 0 saturated heterocycles. The van der Waals surface area contributed by atoms with E-state index in [0.29, 0.717) is 32.3 Å². The summed E-state index contributed by atoms with van der Waals surface area (Å²) in [5, 5.41) is 26.9. The molecule has 0 fully saturated rings. The molecule has 2 unspecified atom stereocenters. The van der Waals surface area contributed by atoms with Crippen LogP contribution in [0.25, 0.3) is 22.3 Å². The van der Waals surface area contributed by atoms with E-state index < -0.39 is 46.2 Å². The summed E-state index contributed by atoms with van der Waals surface area (Å²) in [4.78, 5) is 26.3. The van der Waals surface area contributed by atoms with E-state index >= 15 is 0 Å². The molecule has 0 aliphatic rings. The van der Waals surface area contributed by atoms with Crippen LogP contribution in [0.4, 0.5) is 10.1 Å². The first-order valence-electron chi connectivity index (χ1n) is 14.8. The third kappa shape index (κ3) is 7.88. The van der Waals surface area contributed by atoms with Crippen LogP contribution in [0.1, 0.15) is 55.3 Å². The zero-order valence-electron chi connectivity index (χ0n) is 25.8. The minimum Gasteiger partial charge on any atom is -0.469 e. The fourth-order valence-corrected chi connectivity index (χ4v) is 6.34. The third-order valence-corrected chi connectivity index (χ3v) is 8.43. The number of hydrogen-bond acceptors (Lipinski definition) is 7. The monoisotopic (exact) mass is 651 g/mol. The van der Waals surface area contributed by atoms with Gasteiger partial charge in [0.15, 0.2) is 0 Å². The average Bonchev–Trinajstić information content (AvgIpc) is 3.36. The summed E-state index contributed by atoms with van der Waals surface area (Å²) in [5.41, 5.74) is 2.78. The van der Waals surface area contributed by atoms with Crippen LogP contribution in [0.2, 0.25) is 0 Å². The molecule has 46 heavy (non-hydrogen) atoms. The highest BCUT2D eigenvalue weighted by atomic mass is 32.2. The summed E-state index contributed by atoms with van der Waals surface area (Å²) in [5.74, 6) is -1.98. The maximum Gasteiger partial charge on any atom is 0.308 e. The topological polar surface area (TPSA) is 152 Å². The van der Waals surface area contributed by atoms with Gasteiger partial charge in [-0.15, -0.1) is 0 Å². The summed E-state index contributed by atoms with van der Waals surface area (Å²) >= 11 is 0. The van der Waals surface area contributed by atoms with Crippen LogP contribution in [-0.4, -0.2) is 54.4 Å². The molecule has 0 saturated carbocycles. The number of methoxy groups -OCH3 is 1. The number of anilines is 1. The Labute approximate surface area is 268 Å². The lowest BCUT2D eigenvalue weighted by atomic mass is 9.92. The molecule has 1 aromatic heterocycles. The van der Waals surface area contributed by atoms with Gasteiger partial charge in [0.25, 0.3) is 5.91 Å². The number of nitrogens with zero attached hydrogens (tertiary/aromatic N) is 2. The number of nitrogens with two attached hydrogens (primary N) is 1. The van der Waals surface area contributed by atoms with E-state index in [1.165, 1.54) is 31.4 Å². The molecule has 12 heteroatoms. The molecule has 1 heterocycles. The minimum atomic E-state index is -4.62. The molecule has 0 aliphatic carbocycles. The number of halogens is 1. The van der Waals surface area contributed by atoms with E-state index in [-0.39, 0.29) is 37.1 Å². The Balaban J connectivity index is 1.98. The first-order chi connectivity index (χ1) is 21.8. The summed E-state index contributed by atoms with van der Waals surface area (Å²) < 4.78 is 47.1. The standard InChI is InChI=1S/C34H38FN3O7S/c1-22(2)37-29(19-18-27(39)20-28(40)21-30(41)45-3)31(24-14-16-25(35)17-15-24)32(23-10-6-4-7-11-23)33(37)34(42)38(46(36,43)44)26-12-8-5-9-13-26/h4-17,22,27-28,39-40H,18-21H2,1-3H3,(H2,36,43,44). The molecular weight excluding hydrogens is 613 g/mol.